The third kappa shape index (κ3) is 4.40. The quantitative estimate of drug-likeness (QED) is 0.802. The zero-order chi connectivity index (χ0) is 18.5. The summed E-state index contributed by atoms with van der Waals surface area (Å²) in [5, 5.41) is 6.66. The number of nitrogens with one attached hydrogen (secondary N) is 2. The molecule has 2 heterocycles. The van der Waals surface area contributed by atoms with E-state index in [-0.39, 0.29) is 11.3 Å². The molecule has 3 aliphatic rings. The maximum atomic E-state index is 12.5. The highest BCUT2D eigenvalue weighted by molar-refractivity contribution is 5.76. The summed E-state index contributed by atoms with van der Waals surface area (Å²) in [6.45, 7) is 3.23. The Balaban J connectivity index is 1.37. The van der Waals surface area contributed by atoms with Gasteiger partial charge in [0.05, 0.1) is 0 Å². The molecular weight excluding hydrogens is 340 g/mol. The average Bonchev–Trinajstić information content (AvgIpc) is 3.20. The Bertz CT molecular complexity index is 649. The molecule has 2 aliphatic heterocycles. The number of hydrogen-bond donors (Lipinski definition) is 2. The number of benzene rings is 1. The first kappa shape index (κ1) is 18.6. The molecule has 0 bridgehead atoms. The van der Waals surface area contributed by atoms with Crippen LogP contribution in [0.4, 0.5) is 0 Å². The van der Waals surface area contributed by atoms with Gasteiger partial charge < -0.3 is 20.1 Å². The van der Waals surface area contributed by atoms with Crippen LogP contribution in [0, 0.1) is 5.92 Å². The molecule has 0 spiro atoms. The highest BCUT2D eigenvalue weighted by Crippen LogP contribution is 2.43. The van der Waals surface area contributed by atoms with E-state index in [0.29, 0.717) is 19.1 Å². The Morgan fingerprint density at radius 3 is 2.70 bits per heavy atom. The predicted molar refractivity (Wildman–Crippen MR) is 105 cm³/mol. The normalized spacial score (nSPS) is 21.8. The van der Waals surface area contributed by atoms with Crippen LogP contribution in [0.5, 0.6) is 11.5 Å². The molecule has 1 aromatic carbocycles. The number of carbonyl (C=O) groups is 1. The van der Waals surface area contributed by atoms with Crippen molar-refractivity contribution in [3.8, 4) is 11.5 Å². The minimum absolute atomic E-state index is 0.0314. The Hall–Kier alpha value is -1.75. The maximum absolute atomic E-state index is 12.5. The number of fused-ring (bicyclic) bond motifs is 1. The zero-order valence-corrected chi connectivity index (χ0v) is 16.2. The fourth-order valence-electron chi connectivity index (χ4n) is 4.88. The van der Waals surface area contributed by atoms with Crippen LogP contribution in [-0.2, 0) is 10.2 Å². The molecule has 2 fully saturated rings. The maximum Gasteiger partial charge on any atom is 0.231 e. The Labute approximate surface area is 162 Å². The number of piperidine rings is 1. The van der Waals surface area contributed by atoms with Crippen LogP contribution in [-0.4, -0.2) is 32.3 Å². The molecule has 4 rings (SSSR count). The van der Waals surface area contributed by atoms with Crippen LogP contribution in [0.25, 0.3) is 0 Å². The minimum atomic E-state index is 0.0314. The second kappa shape index (κ2) is 8.51. The molecule has 0 unspecified atom stereocenters. The zero-order valence-electron chi connectivity index (χ0n) is 16.2. The van der Waals surface area contributed by atoms with Gasteiger partial charge in [-0.05, 0) is 68.8 Å². The van der Waals surface area contributed by atoms with E-state index < -0.39 is 0 Å². The van der Waals surface area contributed by atoms with Crippen LogP contribution >= 0.6 is 0 Å². The topological polar surface area (TPSA) is 59.6 Å². The van der Waals surface area contributed by atoms with Gasteiger partial charge in [0.25, 0.3) is 0 Å². The molecule has 0 atom stereocenters. The summed E-state index contributed by atoms with van der Waals surface area (Å²) in [4.78, 5) is 12.5. The Morgan fingerprint density at radius 2 is 1.89 bits per heavy atom. The highest BCUT2D eigenvalue weighted by Gasteiger charge is 2.35. The summed E-state index contributed by atoms with van der Waals surface area (Å²) in [6, 6.07) is 6.32. The molecule has 2 N–H and O–H groups in total. The first-order chi connectivity index (χ1) is 13.3. The van der Waals surface area contributed by atoms with Gasteiger partial charge in [0.15, 0.2) is 11.5 Å². The molecule has 0 radical (unpaired) electrons. The van der Waals surface area contributed by atoms with Crippen molar-refractivity contribution in [2.24, 2.45) is 5.92 Å². The molecule has 27 heavy (non-hydrogen) atoms. The SMILES string of the molecule is O=C(CCC1CCNCC1)NCC1(c2ccc3c(c2)OCO3)CCCCC1. The summed E-state index contributed by atoms with van der Waals surface area (Å²) in [5.41, 5.74) is 1.31. The van der Waals surface area contributed by atoms with Gasteiger partial charge in [0.2, 0.25) is 12.7 Å². The van der Waals surface area contributed by atoms with Crippen molar-refractivity contribution >= 4 is 5.91 Å². The second-order valence-corrected chi connectivity index (χ2v) is 8.42. The molecule has 1 aliphatic carbocycles. The molecule has 0 aromatic heterocycles. The summed E-state index contributed by atoms with van der Waals surface area (Å²) in [7, 11) is 0. The standard InChI is InChI=1S/C22H32N2O3/c25-21(7-4-17-8-12-23-13-9-17)24-15-22(10-2-1-3-11-22)18-5-6-19-20(14-18)27-16-26-19/h5-6,14,17,23H,1-4,7-13,15-16H2,(H,24,25). The molecule has 5 nitrogen and oxygen atoms in total. The first-order valence-electron chi connectivity index (χ1n) is 10.6. The molecule has 1 aromatic rings. The van der Waals surface area contributed by atoms with E-state index in [1.165, 1.54) is 37.7 Å². The van der Waals surface area contributed by atoms with Gasteiger partial charge in [-0.3, -0.25) is 4.79 Å². The van der Waals surface area contributed by atoms with Gasteiger partial charge >= 0.3 is 0 Å². The van der Waals surface area contributed by atoms with Crippen LogP contribution in [0.15, 0.2) is 18.2 Å². The van der Waals surface area contributed by atoms with Gasteiger partial charge in [-0.25, -0.2) is 0 Å². The fraction of sp³-hybridized carbons (Fsp3) is 0.682. The van der Waals surface area contributed by atoms with E-state index in [4.69, 9.17) is 9.47 Å². The van der Waals surface area contributed by atoms with E-state index in [2.05, 4.69) is 22.8 Å². The van der Waals surface area contributed by atoms with Crippen LogP contribution in [0.1, 0.15) is 63.4 Å². The van der Waals surface area contributed by atoms with Gasteiger partial charge in [-0.2, -0.15) is 0 Å². The second-order valence-electron chi connectivity index (χ2n) is 8.42. The van der Waals surface area contributed by atoms with Gasteiger partial charge in [0.1, 0.15) is 0 Å². The van der Waals surface area contributed by atoms with Crippen LogP contribution < -0.4 is 20.1 Å². The van der Waals surface area contributed by atoms with Crippen molar-refractivity contribution in [1.82, 2.24) is 10.6 Å². The van der Waals surface area contributed by atoms with E-state index in [1.807, 2.05) is 6.07 Å². The third-order valence-corrected chi connectivity index (χ3v) is 6.66. The van der Waals surface area contributed by atoms with Crippen molar-refractivity contribution in [2.75, 3.05) is 26.4 Å². The predicted octanol–water partition coefficient (Wildman–Crippen LogP) is 3.51. The fourth-order valence-corrected chi connectivity index (χ4v) is 4.88. The molecule has 148 valence electrons. The van der Waals surface area contributed by atoms with Crippen LogP contribution in [0.2, 0.25) is 0 Å². The lowest BCUT2D eigenvalue weighted by Crippen LogP contribution is -2.42. The smallest absolute Gasteiger partial charge is 0.231 e. The summed E-state index contributed by atoms with van der Waals surface area (Å²) < 4.78 is 11.1. The Kier molecular flexibility index (Phi) is 5.86. The number of carbonyl (C=O) groups excluding carboxylic acids is 1. The van der Waals surface area contributed by atoms with Crippen molar-refractivity contribution in [2.45, 2.75) is 63.2 Å². The minimum Gasteiger partial charge on any atom is -0.454 e. The Morgan fingerprint density at radius 1 is 1.11 bits per heavy atom. The summed E-state index contributed by atoms with van der Waals surface area (Å²) in [6.07, 6.45) is 10.1. The monoisotopic (exact) mass is 372 g/mol. The van der Waals surface area contributed by atoms with E-state index in [1.54, 1.807) is 0 Å². The number of hydrogen-bond acceptors (Lipinski definition) is 4. The summed E-state index contributed by atoms with van der Waals surface area (Å²) in [5.74, 6) is 2.58. The lowest BCUT2D eigenvalue weighted by Gasteiger charge is -2.38. The molecule has 1 amide bonds. The molecule has 1 saturated heterocycles. The van der Waals surface area contributed by atoms with Gasteiger partial charge in [0, 0.05) is 18.4 Å². The molecule has 1 saturated carbocycles. The van der Waals surface area contributed by atoms with Crippen LogP contribution in [0.3, 0.4) is 0 Å². The number of amides is 1. The largest absolute Gasteiger partial charge is 0.454 e. The third-order valence-electron chi connectivity index (χ3n) is 6.66. The van der Waals surface area contributed by atoms with Crippen molar-refractivity contribution in [3.05, 3.63) is 23.8 Å². The van der Waals surface area contributed by atoms with Crippen molar-refractivity contribution in [1.29, 1.82) is 0 Å². The molecular formula is C22H32N2O3. The first-order valence-corrected chi connectivity index (χ1v) is 10.6. The van der Waals surface area contributed by atoms with Gasteiger partial charge in [-0.1, -0.05) is 25.3 Å². The van der Waals surface area contributed by atoms with Crippen molar-refractivity contribution in [3.63, 3.8) is 0 Å². The highest BCUT2D eigenvalue weighted by atomic mass is 16.7. The average molecular weight is 373 g/mol. The lowest BCUT2D eigenvalue weighted by molar-refractivity contribution is -0.121. The van der Waals surface area contributed by atoms with E-state index >= 15 is 0 Å². The summed E-state index contributed by atoms with van der Waals surface area (Å²) >= 11 is 0. The molecule has 5 heteroatoms. The lowest BCUT2D eigenvalue weighted by atomic mass is 9.69. The van der Waals surface area contributed by atoms with E-state index in [9.17, 15) is 4.79 Å². The van der Waals surface area contributed by atoms with E-state index in [0.717, 1.165) is 50.4 Å². The van der Waals surface area contributed by atoms with Gasteiger partial charge in [-0.15, -0.1) is 0 Å². The number of rotatable bonds is 6. The van der Waals surface area contributed by atoms with Crippen molar-refractivity contribution < 1.29 is 14.3 Å². The number of ether oxygens (including phenoxy) is 2.